The summed E-state index contributed by atoms with van der Waals surface area (Å²) >= 11 is 0. The highest BCUT2D eigenvalue weighted by Gasteiger charge is 2.15. The van der Waals surface area contributed by atoms with Gasteiger partial charge in [-0.25, -0.2) is 0 Å². The van der Waals surface area contributed by atoms with E-state index in [0.717, 1.165) is 44.8 Å². The van der Waals surface area contributed by atoms with Gasteiger partial charge in [0.25, 0.3) is 0 Å². The van der Waals surface area contributed by atoms with Crippen LogP contribution >= 0.6 is 0 Å². The predicted molar refractivity (Wildman–Crippen MR) is 94.7 cm³/mol. The molecule has 0 atom stereocenters. The molecule has 1 saturated heterocycles. The first kappa shape index (κ1) is 19.3. The summed E-state index contributed by atoms with van der Waals surface area (Å²) in [4.78, 5) is 14.5. The summed E-state index contributed by atoms with van der Waals surface area (Å²) in [6.45, 7) is 5.19. The maximum Gasteiger partial charge on any atom is 0.224 e. The van der Waals surface area contributed by atoms with Crippen LogP contribution in [0, 0.1) is 0 Å². The molecule has 1 heterocycles. The summed E-state index contributed by atoms with van der Waals surface area (Å²) in [6.07, 6.45) is 1.20. The number of nitrogens with one attached hydrogen (secondary N) is 1. The molecule has 140 valence electrons. The maximum atomic E-state index is 12.2. The number of amides is 1. The first-order valence-corrected chi connectivity index (χ1v) is 8.53. The van der Waals surface area contributed by atoms with E-state index in [2.05, 4.69) is 10.2 Å². The molecule has 7 nitrogen and oxygen atoms in total. The minimum Gasteiger partial charge on any atom is -0.493 e. The highest BCUT2D eigenvalue weighted by atomic mass is 16.5. The smallest absolute Gasteiger partial charge is 0.224 e. The lowest BCUT2D eigenvalue weighted by Gasteiger charge is -2.26. The molecule has 0 aliphatic carbocycles. The molecule has 1 aromatic carbocycles. The molecule has 1 N–H and O–H groups in total. The van der Waals surface area contributed by atoms with Crippen LogP contribution in [0.4, 0.5) is 0 Å². The number of rotatable bonds is 9. The van der Waals surface area contributed by atoms with Crippen molar-refractivity contribution in [1.29, 1.82) is 0 Å². The molecule has 0 saturated carbocycles. The van der Waals surface area contributed by atoms with Crippen LogP contribution in [-0.2, 0) is 16.0 Å². The number of ether oxygens (including phenoxy) is 4. The molecular formula is C18H28N2O5. The molecular weight excluding hydrogens is 324 g/mol. The Kier molecular flexibility index (Phi) is 7.81. The van der Waals surface area contributed by atoms with E-state index < -0.39 is 0 Å². The van der Waals surface area contributed by atoms with Crippen LogP contribution in [0.25, 0.3) is 0 Å². The van der Waals surface area contributed by atoms with Crippen molar-refractivity contribution in [2.75, 3.05) is 60.7 Å². The first-order chi connectivity index (χ1) is 12.2. The van der Waals surface area contributed by atoms with Gasteiger partial charge in [-0.2, -0.15) is 0 Å². The Bertz CT molecular complexity index is 533. The Balaban J connectivity index is 1.81. The van der Waals surface area contributed by atoms with Crippen molar-refractivity contribution < 1.29 is 23.7 Å². The van der Waals surface area contributed by atoms with Gasteiger partial charge < -0.3 is 24.3 Å². The second-order valence-corrected chi connectivity index (χ2v) is 5.87. The van der Waals surface area contributed by atoms with E-state index >= 15 is 0 Å². The number of methoxy groups -OCH3 is 3. The first-order valence-electron chi connectivity index (χ1n) is 8.53. The molecule has 1 aliphatic heterocycles. The molecule has 1 fully saturated rings. The fourth-order valence-electron chi connectivity index (χ4n) is 2.84. The SMILES string of the molecule is COc1cc(CC(=O)NCCCN2CCOCC2)cc(OC)c1OC. The van der Waals surface area contributed by atoms with Crippen LogP contribution in [0.2, 0.25) is 0 Å². The van der Waals surface area contributed by atoms with E-state index in [-0.39, 0.29) is 12.3 Å². The Morgan fingerprint density at radius 2 is 1.76 bits per heavy atom. The van der Waals surface area contributed by atoms with Crippen molar-refractivity contribution in [2.45, 2.75) is 12.8 Å². The maximum absolute atomic E-state index is 12.2. The Morgan fingerprint density at radius 3 is 2.32 bits per heavy atom. The van der Waals surface area contributed by atoms with Gasteiger partial charge in [0.15, 0.2) is 11.5 Å². The average Bonchev–Trinajstić information content (AvgIpc) is 2.65. The van der Waals surface area contributed by atoms with Crippen molar-refractivity contribution in [3.63, 3.8) is 0 Å². The quantitative estimate of drug-likeness (QED) is 0.671. The van der Waals surface area contributed by atoms with E-state index in [1.54, 1.807) is 33.5 Å². The second kappa shape index (κ2) is 10.1. The molecule has 1 aliphatic rings. The molecule has 0 aromatic heterocycles. The van der Waals surface area contributed by atoms with Crippen molar-refractivity contribution in [3.8, 4) is 17.2 Å². The highest BCUT2D eigenvalue weighted by molar-refractivity contribution is 5.79. The summed E-state index contributed by atoms with van der Waals surface area (Å²) in [7, 11) is 4.68. The van der Waals surface area contributed by atoms with Crippen LogP contribution < -0.4 is 19.5 Å². The third kappa shape index (κ3) is 5.79. The van der Waals surface area contributed by atoms with E-state index in [4.69, 9.17) is 18.9 Å². The summed E-state index contributed by atoms with van der Waals surface area (Å²) in [5, 5.41) is 2.96. The molecule has 25 heavy (non-hydrogen) atoms. The van der Waals surface area contributed by atoms with Crippen LogP contribution in [-0.4, -0.2) is 71.5 Å². The molecule has 0 unspecified atom stereocenters. The van der Waals surface area contributed by atoms with Gasteiger partial charge >= 0.3 is 0 Å². The van der Waals surface area contributed by atoms with Crippen LogP contribution in [0.1, 0.15) is 12.0 Å². The molecule has 0 bridgehead atoms. The molecule has 0 spiro atoms. The zero-order chi connectivity index (χ0) is 18.1. The van der Waals surface area contributed by atoms with Gasteiger partial charge in [-0.05, 0) is 30.7 Å². The number of nitrogens with zero attached hydrogens (tertiary/aromatic N) is 1. The number of hydrogen-bond acceptors (Lipinski definition) is 6. The third-order valence-corrected chi connectivity index (χ3v) is 4.17. The lowest BCUT2D eigenvalue weighted by molar-refractivity contribution is -0.120. The number of carbonyl (C=O) groups is 1. The van der Waals surface area contributed by atoms with Gasteiger partial charge in [0.1, 0.15) is 0 Å². The van der Waals surface area contributed by atoms with Crippen molar-refractivity contribution in [1.82, 2.24) is 10.2 Å². The zero-order valence-corrected chi connectivity index (χ0v) is 15.3. The summed E-state index contributed by atoms with van der Waals surface area (Å²) in [6, 6.07) is 3.60. The third-order valence-electron chi connectivity index (χ3n) is 4.17. The van der Waals surface area contributed by atoms with Gasteiger partial charge in [0, 0.05) is 19.6 Å². The molecule has 2 rings (SSSR count). The van der Waals surface area contributed by atoms with Gasteiger partial charge in [-0.3, -0.25) is 9.69 Å². The lowest BCUT2D eigenvalue weighted by Crippen LogP contribution is -2.38. The Hall–Kier alpha value is -1.99. The minimum absolute atomic E-state index is 0.0174. The molecule has 0 radical (unpaired) electrons. The van der Waals surface area contributed by atoms with Crippen molar-refractivity contribution in [3.05, 3.63) is 17.7 Å². The topological polar surface area (TPSA) is 69.3 Å². The summed E-state index contributed by atoms with van der Waals surface area (Å²) in [5.74, 6) is 1.62. The minimum atomic E-state index is -0.0174. The van der Waals surface area contributed by atoms with Gasteiger partial charge in [0.05, 0.1) is 41.0 Å². The van der Waals surface area contributed by atoms with Crippen molar-refractivity contribution in [2.24, 2.45) is 0 Å². The second-order valence-electron chi connectivity index (χ2n) is 5.87. The lowest BCUT2D eigenvalue weighted by atomic mass is 10.1. The number of hydrogen-bond donors (Lipinski definition) is 1. The van der Waals surface area contributed by atoms with E-state index in [9.17, 15) is 4.79 Å². The number of benzene rings is 1. The number of carbonyl (C=O) groups excluding carboxylic acids is 1. The zero-order valence-electron chi connectivity index (χ0n) is 15.3. The van der Waals surface area contributed by atoms with Crippen LogP contribution in [0.5, 0.6) is 17.2 Å². The van der Waals surface area contributed by atoms with E-state index in [1.165, 1.54) is 0 Å². The molecule has 7 heteroatoms. The molecule has 1 amide bonds. The summed E-state index contributed by atoms with van der Waals surface area (Å²) < 4.78 is 21.2. The largest absolute Gasteiger partial charge is 0.493 e. The summed E-state index contributed by atoms with van der Waals surface area (Å²) in [5.41, 5.74) is 0.820. The van der Waals surface area contributed by atoms with Gasteiger partial charge in [-0.1, -0.05) is 0 Å². The van der Waals surface area contributed by atoms with Gasteiger partial charge in [0.2, 0.25) is 11.7 Å². The number of morpholine rings is 1. The van der Waals surface area contributed by atoms with Crippen molar-refractivity contribution >= 4 is 5.91 Å². The standard InChI is InChI=1S/C18H28N2O5/c1-22-15-11-14(12-16(23-2)18(15)24-3)13-17(21)19-5-4-6-20-7-9-25-10-8-20/h11-12H,4-10,13H2,1-3H3,(H,19,21). The predicted octanol–water partition coefficient (Wildman–Crippen LogP) is 1.09. The fraction of sp³-hybridized carbons (Fsp3) is 0.611. The highest BCUT2D eigenvalue weighted by Crippen LogP contribution is 2.38. The fourth-order valence-corrected chi connectivity index (χ4v) is 2.84. The van der Waals surface area contributed by atoms with E-state index in [1.807, 2.05) is 0 Å². The molecule has 1 aromatic rings. The monoisotopic (exact) mass is 352 g/mol. The average molecular weight is 352 g/mol. The van der Waals surface area contributed by atoms with E-state index in [0.29, 0.717) is 23.8 Å². The van der Waals surface area contributed by atoms with Gasteiger partial charge in [-0.15, -0.1) is 0 Å². The Morgan fingerprint density at radius 1 is 1.12 bits per heavy atom. The Labute approximate surface area is 149 Å². The van der Waals surface area contributed by atoms with Crippen LogP contribution in [0.15, 0.2) is 12.1 Å². The van der Waals surface area contributed by atoms with Crippen LogP contribution in [0.3, 0.4) is 0 Å². The normalized spacial score (nSPS) is 14.8.